The molecular formula is C15H32N2O5P2. The zero-order valence-electron chi connectivity index (χ0n) is 14.9. The van der Waals surface area contributed by atoms with Crippen LogP contribution in [0.5, 0.6) is 0 Å². The molecule has 0 saturated carbocycles. The van der Waals surface area contributed by atoms with Crippen molar-refractivity contribution in [2.75, 3.05) is 39.9 Å². The van der Waals surface area contributed by atoms with Gasteiger partial charge in [0.1, 0.15) is 0 Å². The lowest BCUT2D eigenvalue weighted by Crippen LogP contribution is -2.42. The minimum Gasteiger partial charge on any atom is -0.469 e. The van der Waals surface area contributed by atoms with Crippen LogP contribution in [0, 0.1) is 0 Å². The zero-order valence-corrected chi connectivity index (χ0v) is 17.2. The fraction of sp³-hybridized carbons (Fsp3) is 0.933. The van der Waals surface area contributed by atoms with Crippen molar-refractivity contribution in [3.63, 3.8) is 0 Å². The maximum atomic E-state index is 11.0. The molecule has 0 aromatic heterocycles. The normalized spacial score (nSPS) is 31.9. The maximum Gasteiger partial charge on any atom is 0.308 e. The SMILES string of the molecule is CC1CN(P)CC(CCO)O1.COC(=O)CC1CN(P)CC(C)O1. The smallest absolute Gasteiger partial charge is 0.308 e. The molecule has 6 atom stereocenters. The minimum absolute atomic E-state index is 0.0336. The third-order valence-corrected chi connectivity index (χ3v) is 4.63. The highest BCUT2D eigenvalue weighted by atomic mass is 31.0. The number of aliphatic hydroxyl groups is 1. The highest BCUT2D eigenvalue weighted by molar-refractivity contribution is 7.13. The van der Waals surface area contributed by atoms with Gasteiger partial charge in [-0.15, -0.1) is 0 Å². The van der Waals surface area contributed by atoms with Crippen molar-refractivity contribution >= 4 is 24.8 Å². The van der Waals surface area contributed by atoms with E-state index < -0.39 is 0 Å². The van der Waals surface area contributed by atoms with Crippen LogP contribution in [0.25, 0.3) is 0 Å². The van der Waals surface area contributed by atoms with Crippen molar-refractivity contribution in [1.82, 2.24) is 9.34 Å². The molecule has 24 heavy (non-hydrogen) atoms. The predicted octanol–water partition coefficient (Wildman–Crippen LogP) is 0.677. The van der Waals surface area contributed by atoms with Gasteiger partial charge in [0, 0.05) is 32.8 Å². The van der Waals surface area contributed by atoms with Crippen LogP contribution < -0.4 is 0 Å². The molecule has 0 aromatic rings. The minimum atomic E-state index is -0.211. The number of esters is 1. The molecule has 2 aliphatic heterocycles. The highest BCUT2D eigenvalue weighted by Crippen LogP contribution is 2.17. The second-order valence-electron chi connectivity index (χ2n) is 6.34. The summed E-state index contributed by atoms with van der Waals surface area (Å²) in [5.41, 5.74) is 0. The number of ether oxygens (including phenoxy) is 3. The molecule has 0 spiro atoms. The van der Waals surface area contributed by atoms with E-state index in [1.807, 2.05) is 6.92 Å². The van der Waals surface area contributed by atoms with Crippen molar-refractivity contribution in [3.05, 3.63) is 0 Å². The molecule has 0 amide bonds. The largest absolute Gasteiger partial charge is 0.469 e. The van der Waals surface area contributed by atoms with Gasteiger partial charge in [0.2, 0.25) is 0 Å². The summed E-state index contributed by atoms with van der Waals surface area (Å²) < 4.78 is 20.0. The van der Waals surface area contributed by atoms with Gasteiger partial charge in [-0.25, -0.2) is 0 Å². The molecular weight excluding hydrogens is 350 g/mol. The number of morpholine rings is 2. The van der Waals surface area contributed by atoms with Gasteiger partial charge < -0.3 is 19.3 Å². The van der Waals surface area contributed by atoms with Crippen LogP contribution in [0.1, 0.15) is 26.7 Å². The van der Waals surface area contributed by atoms with Gasteiger partial charge in [-0.2, -0.15) is 0 Å². The summed E-state index contributed by atoms with van der Waals surface area (Å²) in [6, 6.07) is 0. The second kappa shape index (κ2) is 11.7. The summed E-state index contributed by atoms with van der Waals surface area (Å²) in [6.07, 6.45) is 1.73. The van der Waals surface area contributed by atoms with E-state index in [0.29, 0.717) is 6.42 Å². The molecule has 1 N–H and O–H groups in total. The maximum absolute atomic E-state index is 11.0. The van der Waals surface area contributed by atoms with Crippen LogP contribution >= 0.6 is 18.8 Å². The van der Waals surface area contributed by atoms with E-state index in [4.69, 9.17) is 14.6 Å². The van der Waals surface area contributed by atoms with Crippen molar-refractivity contribution in [1.29, 1.82) is 0 Å². The van der Waals surface area contributed by atoms with Crippen LogP contribution in [0.2, 0.25) is 0 Å². The summed E-state index contributed by atoms with van der Waals surface area (Å²) in [6.45, 7) is 7.81. The van der Waals surface area contributed by atoms with E-state index >= 15 is 0 Å². The third-order valence-electron chi connectivity index (χ3n) is 3.78. The first-order chi connectivity index (χ1) is 11.3. The van der Waals surface area contributed by atoms with E-state index in [1.165, 1.54) is 7.11 Å². The van der Waals surface area contributed by atoms with Gasteiger partial charge >= 0.3 is 5.97 Å². The fourth-order valence-electron chi connectivity index (χ4n) is 2.85. The molecule has 2 fully saturated rings. The average Bonchev–Trinajstić information content (AvgIpc) is 2.46. The first-order valence-corrected chi connectivity index (χ1v) is 9.35. The summed E-state index contributed by atoms with van der Waals surface area (Å²) >= 11 is 0. The number of hydrogen-bond donors (Lipinski definition) is 1. The number of rotatable bonds is 4. The second-order valence-corrected chi connectivity index (χ2v) is 7.80. The Labute approximate surface area is 149 Å². The molecule has 7 nitrogen and oxygen atoms in total. The lowest BCUT2D eigenvalue weighted by molar-refractivity contribution is -0.146. The Morgan fingerprint density at radius 1 is 1.08 bits per heavy atom. The van der Waals surface area contributed by atoms with E-state index in [9.17, 15) is 4.79 Å². The number of hydrogen-bond acceptors (Lipinski definition) is 7. The Hall–Kier alpha value is 0.130. The van der Waals surface area contributed by atoms with Crippen molar-refractivity contribution < 1.29 is 24.1 Å². The molecule has 0 aromatic carbocycles. The zero-order chi connectivity index (χ0) is 18.1. The van der Waals surface area contributed by atoms with E-state index in [1.54, 1.807) is 0 Å². The first kappa shape index (κ1) is 22.2. The Kier molecular flexibility index (Phi) is 10.8. The number of methoxy groups -OCH3 is 1. The molecule has 2 rings (SSSR count). The summed E-state index contributed by atoms with van der Waals surface area (Å²) in [4.78, 5) is 11.0. The van der Waals surface area contributed by atoms with E-state index in [0.717, 1.165) is 32.6 Å². The number of carbonyl (C=O) groups excluding carboxylic acids is 1. The van der Waals surface area contributed by atoms with Crippen molar-refractivity contribution in [3.8, 4) is 0 Å². The van der Waals surface area contributed by atoms with Gasteiger partial charge in [-0.1, -0.05) is 18.8 Å². The van der Waals surface area contributed by atoms with Crippen LogP contribution in [0.4, 0.5) is 0 Å². The summed E-state index contributed by atoms with van der Waals surface area (Å²) in [7, 11) is 6.70. The summed E-state index contributed by atoms with van der Waals surface area (Å²) in [5, 5.41) is 8.69. The fourth-order valence-corrected chi connectivity index (χ4v) is 3.91. The molecule has 0 bridgehead atoms. The molecule has 0 radical (unpaired) electrons. The van der Waals surface area contributed by atoms with Gasteiger partial charge in [0.15, 0.2) is 0 Å². The van der Waals surface area contributed by atoms with Gasteiger partial charge in [-0.05, 0) is 20.3 Å². The standard InChI is InChI=1S/C8H16NO3P.C7H16NO2P/c1-6-4-9(13)5-7(12-6)3-8(10)11-2;1-6-4-8(11)5-7(10-6)2-3-9/h6-7H,3-5,13H2,1-2H3;6-7,9H,2-5,11H2,1H3. The number of aliphatic hydroxyl groups excluding tert-OH is 1. The molecule has 6 unspecified atom stereocenters. The Bertz CT molecular complexity index is 358. The van der Waals surface area contributed by atoms with Crippen molar-refractivity contribution in [2.24, 2.45) is 0 Å². The molecule has 2 saturated heterocycles. The van der Waals surface area contributed by atoms with Gasteiger partial charge in [-0.3, -0.25) is 14.1 Å². The Morgan fingerprint density at radius 3 is 2.04 bits per heavy atom. The number of carbonyl (C=O) groups is 1. The quantitative estimate of drug-likeness (QED) is 0.566. The van der Waals surface area contributed by atoms with Crippen LogP contribution in [0.3, 0.4) is 0 Å². The van der Waals surface area contributed by atoms with Gasteiger partial charge in [0.25, 0.3) is 0 Å². The topological polar surface area (TPSA) is 71.5 Å². The lowest BCUT2D eigenvalue weighted by atomic mass is 10.2. The van der Waals surface area contributed by atoms with Gasteiger partial charge in [0.05, 0.1) is 37.9 Å². The molecule has 142 valence electrons. The van der Waals surface area contributed by atoms with Crippen LogP contribution in [-0.2, 0) is 19.0 Å². The third kappa shape index (κ3) is 9.00. The van der Waals surface area contributed by atoms with Crippen LogP contribution in [-0.4, -0.2) is 84.7 Å². The summed E-state index contributed by atoms with van der Waals surface area (Å²) in [5.74, 6) is -0.211. The van der Waals surface area contributed by atoms with E-state index in [-0.39, 0.29) is 37.0 Å². The van der Waals surface area contributed by atoms with Crippen LogP contribution in [0.15, 0.2) is 0 Å². The first-order valence-electron chi connectivity index (χ1n) is 8.31. The van der Waals surface area contributed by atoms with Crippen molar-refractivity contribution in [2.45, 2.75) is 51.1 Å². The number of nitrogens with zero attached hydrogens (tertiary/aromatic N) is 2. The molecule has 2 heterocycles. The average molecular weight is 382 g/mol. The van der Waals surface area contributed by atoms with E-state index in [2.05, 4.69) is 39.8 Å². The Morgan fingerprint density at radius 2 is 1.58 bits per heavy atom. The lowest BCUT2D eigenvalue weighted by Gasteiger charge is -2.33. The molecule has 0 aliphatic carbocycles. The molecule has 2 aliphatic rings. The predicted molar refractivity (Wildman–Crippen MR) is 99.6 cm³/mol. The molecule has 9 heteroatoms. The monoisotopic (exact) mass is 382 g/mol. The highest BCUT2D eigenvalue weighted by Gasteiger charge is 2.25. The Balaban J connectivity index is 0.000000243.